The van der Waals surface area contributed by atoms with Crippen molar-refractivity contribution in [2.24, 2.45) is 0 Å². The molecule has 2 amide bonds. The number of carbonyl (C=O) groups excluding carboxylic acids is 2. The van der Waals surface area contributed by atoms with Crippen LogP contribution in [0, 0.1) is 5.82 Å². The summed E-state index contributed by atoms with van der Waals surface area (Å²) in [6.45, 7) is 1.86. The highest BCUT2D eigenvalue weighted by Gasteiger charge is 2.21. The predicted molar refractivity (Wildman–Crippen MR) is 126 cm³/mol. The molecule has 1 aliphatic rings. The highest BCUT2D eigenvalue weighted by molar-refractivity contribution is 6.06. The minimum atomic E-state index is -0.350. The monoisotopic (exact) mass is 446 g/mol. The number of rotatable bonds is 7. The molecule has 0 spiro atoms. The average molecular weight is 447 g/mol. The molecule has 33 heavy (non-hydrogen) atoms. The summed E-state index contributed by atoms with van der Waals surface area (Å²) in [5.41, 5.74) is 2.72. The van der Waals surface area contributed by atoms with Gasteiger partial charge in [0.15, 0.2) is 0 Å². The predicted octanol–water partition coefficient (Wildman–Crippen LogP) is 4.85. The summed E-state index contributed by atoms with van der Waals surface area (Å²) in [4.78, 5) is 29.4. The van der Waals surface area contributed by atoms with Gasteiger partial charge in [0, 0.05) is 24.3 Å². The number of hydrogen-bond acceptors (Lipinski definition) is 3. The standard InChI is InChI=1S/C27H27FN2O3/c1-33-25-9-5-7-22(18-25)27(32)30(19-21-6-4-8-23(28)16-21)24-12-10-20(11-13-24)17-26(31)29-14-2-3-15-29/h4-13,16,18H,2-3,14-15,17,19H2,1H3. The van der Waals surface area contributed by atoms with Crippen LogP contribution in [0.4, 0.5) is 10.1 Å². The lowest BCUT2D eigenvalue weighted by atomic mass is 10.1. The summed E-state index contributed by atoms with van der Waals surface area (Å²) in [6, 6.07) is 20.6. The number of likely N-dealkylation sites (tertiary alicyclic amines) is 1. The van der Waals surface area contributed by atoms with Crippen molar-refractivity contribution in [3.05, 3.63) is 95.3 Å². The van der Waals surface area contributed by atoms with E-state index in [4.69, 9.17) is 4.74 Å². The zero-order valence-electron chi connectivity index (χ0n) is 18.7. The lowest BCUT2D eigenvalue weighted by Crippen LogP contribution is -2.30. The van der Waals surface area contributed by atoms with Crippen molar-refractivity contribution >= 4 is 17.5 Å². The summed E-state index contributed by atoms with van der Waals surface area (Å²) in [5, 5.41) is 0. The van der Waals surface area contributed by atoms with Crippen molar-refractivity contribution in [2.45, 2.75) is 25.8 Å². The first-order valence-electron chi connectivity index (χ1n) is 11.1. The molecule has 1 heterocycles. The van der Waals surface area contributed by atoms with Gasteiger partial charge in [-0.15, -0.1) is 0 Å². The molecule has 0 radical (unpaired) electrons. The van der Waals surface area contributed by atoms with E-state index in [1.54, 1.807) is 48.4 Å². The van der Waals surface area contributed by atoms with Gasteiger partial charge in [0.2, 0.25) is 5.91 Å². The maximum Gasteiger partial charge on any atom is 0.258 e. The number of anilines is 1. The Morgan fingerprint density at radius 2 is 1.67 bits per heavy atom. The van der Waals surface area contributed by atoms with Crippen LogP contribution < -0.4 is 9.64 Å². The maximum absolute atomic E-state index is 13.8. The summed E-state index contributed by atoms with van der Waals surface area (Å²) < 4.78 is 19.1. The molecule has 3 aromatic carbocycles. The van der Waals surface area contributed by atoms with Crippen molar-refractivity contribution in [3.8, 4) is 5.75 Å². The molecule has 1 aliphatic heterocycles. The highest BCUT2D eigenvalue weighted by Crippen LogP contribution is 2.24. The van der Waals surface area contributed by atoms with Gasteiger partial charge in [0.05, 0.1) is 20.1 Å². The molecule has 0 aliphatic carbocycles. The van der Waals surface area contributed by atoms with Gasteiger partial charge in [-0.25, -0.2) is 4.39 Å². The Morgan fingerprint density at radius 3 is 2.36 bits per heavy atom. The zero-order valence-corrected chi connectivity index (χ0v) is 18.7. The van der Waals surface area contributed by atoms with Gasteiger partial charge < -0.3 is 14.5 Å². The first-order valence-corrected chi connectivity index (χ1v) is 11.1. The van der Waals surface area contributed by atoms with Crippen LogP contribution in [-0.2, 0) is 17.8 Å². The molecule has 6 heteroatoms. The molecule has 170 valence electrons. The van der Waals surface area contributed by atoms with Crippen LogP contribution in [0.15, 0.2) is 72.8 Å². The second kappa shape index (κ2) is 10.3. The highest BCUT2D eigenvalue weighted by atomic mass is 19.1. The Morgan fingerprint density at radius 1 is 0.939 bits per heavy atom. The number of hydrogen-bond donors (Lipinski definition) is 0. The van der Waals surface area contributed by atoms with E-state index in [-0.39, 0.29) is 24.2 Å². The number of carbonyl (C=O) groups is 2. The van der Waals surface area contributed by atoms with E-state index in [9.17, 15) is 14.0 Å². The quantitative estimate of drug-likeness (QED) is 0.522. The Labute approximate surface area is 193 Å². The molecule has 1 fully saturated rings. The summed E-state index contributed by atoms with van der Waals surface area (Å²) in [5.74, 6) is 0.141. The molecule has 3 aromatic rings. The molecule has 1 saturated heterocycles. The lowest BCUT2D eigenvalue weighted by molar-refractivity contribution is -0.129. The van der Waals surface area contributed by atoms with E-state index in [0.717, 1.165) is 31.5 Å². The maximum atomic E-state index is 13.8. The fourth-order valence-corrected chi connectivity index (χ4v) is 4.06. The van der Waals surface area contributed by atoms with Gasteiger partial charge >= 0.3 is 0 Å². The number of halogens is 1. The fraction of sp³-hybridized carbons (Fsp3) is 0.259. The molecular weight excluding hydrogens is 419 g/mol. The summed E-state index contributed by atoms with van der Waals surface area (Å²) >= 11 is 0. The Balaban J connectivity index is 1.59. The van der Waals surface area contributed by atoms with E-state index < -0.39 is 0 Å². The van der Waals surface area contributed by atoms with Crippen molar-refractivity contribution in [3.63, 3.8) is 0 Å². The molecule has 0 N–H and O–H groups in total. The third-order valence-electron chi connectivity index (χ3n) is 5.85. The third-order valence-corrected chi connectivity index (χ3v) is 5.85. The van der Waals surface area contributed by atoms with Crippen molar-refractivity contribution in [2.75, 3.05) is 25.1 Å². The largest absolute Gasteiger partial charge is 0.497 e. The molecule has 4 rings (SSSR count). The Kier molecular flexibility index (Phi) is 7.03. The molecule has 0 atom stereocenters. The first kappa shape index (κ1) is 22.5. The molecule has 0 unspecified atom stereocenters. The third kappa shape index (κ3) is 5.58. The van der Waals surface area contributed by atoms with E-state index in [1.807, 2.05) is 29.2 Å². The van der Waals surface area contributed by atoms with E-state index >= 15 is 0 Å². The van der Waals surface area contributed by atoms with E-state index in [2.05, 4.69) is 0 Å². The number of methoxy groups -OCH3 is 1. The van der Waals surface area contributed by atoms with Crippen LogP contribution in [0.2, 0.25) is 0 Å². The summed E-state index contributed by atoms with van der Waals surface area (Å²) in [7, 11) is 1.55. The van der Waals surface area contributed by atoms with Crippen molar-refractivity contribution < 1.29 is 18.7 Å². The van der Waals surface area contributed by atoms with Crippen LogP contribution in [-0.4, -0.2) is 36.9 Å². The van der Waals surface area contributed by atoms with Gasteiger partial charge in [0.25, 0.3) is 5.91 Å². The van der Waals surface area contributed by atoms with Crippen LogP contribution in [0.1, 0.15) is 34.3 Å². The average Bonchev–Trinajstić information content (AvgIpc) is 3.38. The molecule has 0 bridgehead atoms. The number of nitrogens with zero attached hydrogens (tertiary/aromatic N) is 2. The van der Waals surface area contributed by atoms with Crippen molar-refractivity contribution in [1.29, 1.82) is 0 Å². The van der Waals surface area contributed by atoms with Crippen LogP contribution >= 0.6 is 0 Å². The minimum absolute atomic E-state index is 0.129. The van der Waals surface area contributed by atoms with Crippen LogP contribution in [0.5, 0.6) is 5.75 Å². The molecule has 0 saturated carbocycles. The molecular formula is C27H27FN2O3. The van der Waals surface area contributed by atoms with E-state index in [1.165, 1.54) is 12.1 Å². The molecule has 5 nitrogen and oxygen atoms in total. The topological polar surface area (TPSA) is 49.9 Å². The number of amides is 2. The molecule has 0 aromatic heterocycles. The number of ether oxygens (including phenoxy) is 1. The van der Waals surface area contributed by atoms with Gasteiger partial charge in [0.1, 0.15) is 11.6 Å². The first-order chi connectivity index (χ1) is 16.0. The van der Waals surface area contributed by atoms with Crippen molar-refractivity contribution in [1.82, 2.24) is 4.90 Å². The van der Waals surface area contributed by atoms with Crippen LogP contribution in [0.3, 0.4) is 0 Å². The summed E-state index contributed by atoms with van der Waals surface area (Å²) in [6.07, 6.45) is 2.46. The second-order valence-electron chi connectivity index (χ2n) is 8.18. The number of benzene rings is 3. The fourth-order valence-electron chi connectivity index (χ4n) is 4.06. The van der Waals surface area contributed by atoms with E-state index in [0.29, 0.717) is 29.0 Å². The van der Waals surface area contributed by atoms with Crippen LogP contribution in [0.25, 0.3) is 0 Å². The minimum Gasteiger partial charge on any atom is -0.497 e. The lowest BCUT2D eigenvalue weighted by Gasteiger charge is -2.24. The smallest absolute Gasteiger partial charge is 0.258 e. The zero-order chi connectivity index (χ0) is 23.2. The Bertz CT molecular complexity index is 1120. The Hall–Kier alpha value is -3.67. The normalized spacial score (nSPS) is 13.1. The SMILES string of the molecule is COc1cccc(C(=O)N(Cc2cccc(F)c2)c2ccc(CC(=O)N3CCCC3)cc2)c1. The van der Waals surface area contributed by atoms with Gasteiger partial charge in [-0.2, -0.15) is 0 Å². The van der Waals surface area contributed by atoms with Gasteiger partial charge in [-0.05, 0) is 66.4 Å². The van der Waals surface area contributed by atoms with Gasteiger partial charge in [-0.3, -0.25) is 9.59 Å². The van der Waals surface area contributed by atoms with Gasteiger partial charge in [-0.1, -0.05) is 30.3 Å². The second-order valence-corrected chi connectivity index (χ2v) is 8.18.